The van der Waals surface area contributed by atoms with Gasteiger partial charge in [-0.25, -0.2) is 17.9 Å². The van der Waals surface area contributed by atoms with Crippen molar-refractivity contribution in [3.63, 3.8) is 0 Å². The lowest BCUT2D eigenvalue weighted by molar-refractivity contribution is 0.0137. The summed E-state index contributed by atoms with van der Waals surface area (Å²) in [5.41, 5.74) is -0.512. The molecule has 1 aromatic heterocycles. The predicted octanol–water partition coefficient (Wildman–Crippen LogP) is 1.22. The lowest BCUT2D eigenvalue weighted by Crippen LogP contribution is -2.57. The number of rotatable bonds is 5. The molecule has 2 aliphatic rings. The summed E-state index contributed by atoms with van der Waals surface area (Å²) in [6.07, 6.45) is -0.295. The van der Waals surface area contributed by atoms with Gasteiger partial charge in [0.25, 0.3) is 0 Å². The summed E-state index contributed by atoms with van der Waals surface area (Å²) in [7, 11) is -3.47. The van der Waals surface area contributed by atoms with Crippen LogP contribution in [0.3, 0.4) is 0 Å². The highest BCUT2D eigenvalue weighted by atomic mass is 32.2. The van der Waals surface area contributed by atoms with E-state index in [1.807, 2.05) is 27.7 Å². The van der Waals surface area contributed by atoms with Gasteiger partial charge < -0.3 is 19.9 Å². The van der Waals surface area contributed by atoms with E-state index in [0.717, 1.165) is 10.8 Å². The number of carbonyl (C=O) groups is 1. The minimum absolute atomic E-state index is 0.115. The molecular weight excluding hydrogens is 414 g/mol. The monoisotopic (exact) mass is 443 g/mol. The topological polar surface area (TPSA) is 103 Å². The molecule has 11 heteroatoms. The van der Waals surface area contributed by atoms with E-state index >= 15 is 0 Å². The molecule has 0 aromatic carbocycles. The van der Waals surface area contributed by atoms with E-state index in [4.69, 9.17) is 4.74 Å². The van der Waals surface area contributed by atoms with Crippen LogP contribution < -0.4 is 10.0 Å². The molecule has 3 heterocycles. The second kappa shape index (κ2) is 8.49. The maximum absolute atomic E-state index is 12.3. The third-order valence-corrected chi connectivity index (χ3v) is 7.49. The first-order valence-corrected chi connectivity index (χ1v) is 11.9. The van der Waals surface area contributed by atoms with Gasteiger partial charge in [-0.15, -0.1) is 11.3 Å². The number of aryl methyl sites for hydroxylation is 1. The maximum Gasteiger partial charge on any atom is 0.410 e. The first-order valence-electron chi connectivity index (χ1n) is 9.64. The highest BCUT2D eigenvalue weighted by Crippen LogP contribution is 2.20. The number of sulfonamides is 1. The molecule has 0 bridgehead atoms. The number of piperazine rings is 1. The molecule has 3 rings (SSSR count). The van der Waals surface area contributed by atoms with Crippen LogP contribution in [-0.4, -0.2) is 81.2 Å². The average molecular weight is 444 g/mol. The van der Waals surface area contributed by atoms with Crippen molar-refractivity contribution < 1.29 is 17.9 Å². The Bertz CT molecular complexity index is 875. The molecular formula is C18H29N5O4S2. The number of hydrogen-bond donors (Lipinski definition) is 2. The van der Waals surface area contributed by atoms with E-state index in [2.05, 4.69) is 19.9 Å². The van der Waals surface area contributed by atoms with Gasteiger partial charge in [0.2, 0.25) is 10.0 Å². The van der Waals surface area contributed by atoms with Gasteiger partial charge in [0, 0.05) is 37.6 Å². The van der Waals surface area contributed by atoms with Crippen molar-refractivity contribution in [2.24, 2.45) is 4.99 Å². The van der Waals surface area contributed by atoms with E-state index in [0.29, 0.717) is 36.9 Å². The summed E-state index contributed by atoms with van der Waals surface area (Å²) < 4.78 is 32.9. The molecule has 0 spiro atoms. The van der Waals surface area contributed by atoms with Crippen molar-refractivity contribution in [1.29, 1.82) is 0 Å². The fourth-order valence-corrected chi connectivity index (χ4v) is 5.57. The zero-order valence-electron chi connectivity index (χ0n) is 17.3. The second-order valence-corrected chi connectivity index (χ2v) is 11.4. The third-order valence-electron chi connectivity index (χ3n) is 4.54. The van der Waals surface area contributed by atoms with E-state index in [-0.39, 0.29) is 18.7 Å². The van der Waals surface area contributed by atoms with Crippen LogP contribution in [0, 0.1) is 6.92 Å². The second-order valence-electron chi connectivity index (χ2n) is 8.13. The Morgan fingerprint density at radius 1 is 1.31 bits per heavy atom. The van der Waals surface area contributed by atoms with Gasteiger partial charge >= 0.3 is 6.09 Å². The largest absolute Gasteiger partial charge is 0.444 e. The molecule has 1 amide bonds. The molecule has 1 aromatic rings. The Morgan fingerprint density at radius 2 is 2.07 bits per heavy atom. The number of ether oxygens (including phenoxy) is 1. The Morgan fingerprint density at radius 3 is 2.72 bits per heavy atom. The lowest BCUT2D eigenvalue weighted by atomic mass is 10.2. The molecule has 0 radical (unpaired) electrons. The fourth-order valence-electron chi connectivity index (χ4n) is 3.21. The predicted molar refractivity (Wildman–Crippen MR) is 113 cm³/mol. The van der Waals surface area contributed by atoms with Crippen LogP contribution in [0.1, 0.15) is 25.6 Å². The maximum atomic E-state index is 12.3. The molecule has 2 N–H and O–H groups in total. The lowest BCUT2D eigenvalue weighted by Gasteiger charge is -2.39. The summed E-state index contributed by atoms with van der Waals surface area (Å²) in [6, 6.07) is 3.53. The third kappa shape index (κ3) is 5.61. The minimum Gasteiger partial charge on any atom is -0.444 e. The molecule has 2 aliphatic heterocycles. The Hall–Kier alpha value is -1.85. The summed E-state index contributed by atoms with van der Waals surface area (Å²) in [5, 5.41) is 3.21. The average Bonchev–Trinajstić information content (AvgIpc) is 3.23. The van der Waals surface area contributed by atoms with Gasteiger partial charge in [-0.3, -0.25) is 4.99 Å². The number of amides is 1. The number of nitrogens with zero attached hydrogens (tertiary/aromatic N) is 3. The molecule has 162 valence electrons. The molecule has 1 atom stereocenters. The van der Waals surface area contributed by atoms with Crippen molar-refractivity contribution in [3.8, 4) is 0 Å². The van der Waals surface area contributed by atoms with Crippen LogP contribution in [0.25, 0.3) is 0 Å². The molecule has 29 heavy (non-hydrogen) atoms. The van der Waals surface area contributed by atoms with Crippen LogP contribution in [0.5, 0.6) is 0 Å². The number of guanidine groups is 1. The van der Waals surface area contributed by atoms with Gasteiger partial charge in [-0.2, -0.15) is 0 Å². The SMILES string of the molecule is Cc1ccc(S(=O)(=O)NCCNC2=NCC3CN(C(=O)OC(C)(C)C)CCN23)s1. The summed E-state index contributed by atoms with van der Waals surface area (Å²) in [4.78, 5) is 21.6. The van der Waals surface area contributed by atoms with E-state index in [1.54, 1.807) is 17.0 Å². The standard InChI is InChI=1S/C18H29N5O4S2/c1-13-5-6-15(28-13)29(25,26)21-8-7-19-16-20-11-14-12-22(9-10-23(14)16)17(24)27-18(2,3)4/h5-6,14,21H,7-12H2,1-4H3,(H,19,20). The number of carbonyl (C=O) groups excluding carboxylic acids is 1. The molecule has 1 fully saturated rings. The number of aliphatic imine (C=N–C) groups is 1. The molecule has 0 aliphatic carbocycles. The van der Waals surface area contributed by atoms with Crippen LogP contribution in [0.4, 0.5) is 4.79 Å². The highest BCUT2D eigenvalue weighted by Gasteiger charge is 2.36. The highest BCUT2D eigenvalue weighted by molar-refractivity contribution is 7.91. The number of hydrogen-bond acceptors (Lipinski definition) is 8. The van der Waals surface area contributed by atoms with Crippen LogP contribution in [0.2, 0.25) is 0 Å². The zero-order valence-corrected chi connectivity index (χ0v) is 18.9. The normalized spacial score (nSPS) is 19.7. The van der Waals surface area contributed by atoms with Gasteiger partial charge in [0.1, 0.15) is 9.81 Å². The first kappa shape index (κ1) is 21.8. The zero-order chi connectivity index (χ0) is 21.2. The molecule has 9 nitrogen and oxygen atoms in total. The fraction of sp³-hybridized carbons (Fsp3) is 0.667. The van der Waals surface area contributed by atoms with Gasteiger partial charge in [0.15, 0.2) is 5.96 Å². The number of nitrogens with one attached hydrogen (secondary N) is 2. The molecule has 1 unspecified atom stereocenters. The Kier molecular flexibility index (Phi) is 6.39. The Labute approximate surface area is 176 Å². The summed E-state index contributed by atoms with van der Waals surface area (Å²) in [5.74, 6) is 0.755. The van der Waals surface area contributed by atoms with Crippen molar-refractivity contribution in [2.75, 3.05) is 39.3 Å². The quantitative estimate of drug-likeness (QED) is 0.663. The van der Waals surface area contributed by atoms with E-state index < -0.39 is 15.6 Å². The van der Waals surface area contributed by atoms with Gasteiger partial charge in [-0.1, -0.05) is 0 Å². The van der Waals surface area contributed by atoms with E-state index in [1.165, 1.54) is 11.3 Å². The number of thiophene rings is 1. The van der Waals surface area contributed by atoms with Crippen LogP contribution in [-0.2, 0) is 14.8 Å². The Balaban J connectivity index is 1.43. The smallest absolute Gasteiger partial charge is 0.410 e. The summed E-state index contributed by atoms with van der Waals surface area (Å²) in [6.45, 7) is 10.5. The van der Waals surface area contributed by atoms with Crippen LogP contribution >= 0.6 is 11.3 Å². The molecule has 0 saturated carbocycles. The summed E-state index contributed by atoms with van der Waals surface area (Å²) >= 11 is 1.25. The van der Waals surface area contributed by atoms with Crippen molar-refractivity contribution >= 4 is 33.4 Å². The number of fused-ring (bicyclic) bond motifs is 1. The van der Waals surface area contributed by atoms with Gasteiger partial charge in [0.05, 0.1) is 12.6 Å². The van der Waals surface area contributed by atoms with Crippen molar-refractivity contribution in [3.05, 3.63) is 17.0 Å². The molecule has 1 saturated heterocycles. The van der Waals surface area contributed by atoms with Crippen molar-refractivity contribution in [2.45, 2.75) is 43.5 Å². The van der Waals surface area contributed by atoms with E-state index in [9.17, 15) is 13.2 Å². The van der Waals surface area contributed by atoms with Crippen molar-refractivity contribution in [1.82, 2.24) is 19.8 Å². The first-order chi connectivity index (χ1) is 13.5. The van der Waals surface area contributed by atoms with Gasteiger partial charge in [-0.05, 0) is 39.8 Å². The van der Waals surface area contributed by atoms with Crippen LogP contribution in [0.15, 0.2) is 21.3 Å². The minimum atomic E-state index is -3.47.